The van der Waals surface area contributed by atoms with Gasteiger partial charge in [-0.25, -0.2) is 9.78 Å². The van der Waals surface area contributed by atoms with Crippen molar-refractivity contribution in [2.24, 2.45) is 0 Å². The zero-order valence-corrected chi connectivity index (χ0v) is 13.4. The summed E-state index contributed by atoms with van der Waals surface area (Å²) in [4.78, 5) is 30.7. The van der Waals surface area contributed by atoms with Gasteiger partial charge in [0, 0.05) is 12.5 Å². The summed E-state index contributed by atoms with van der Waals surface area (Å²) in [6.07, 6.45) is 3.53. The lowest BCUT2D eigenvalue weighted by atomic mass is 10.0. The Morgan fingerprint density at radius 1 is 1.43 bits per heavy atom. The van der Waals surface area contributed by atoms with E-state index in [0.717, 1.165) is 11.4 Å². The van der Waals surface area contributed by atoms with Gasteiger partial charge in [-0.3, -0.25) is 4.79 Å². The first kappa shape index (κ1) is 15.3. The smallest absolute Gasteiger partial charge is 0.329 e. The molecule has 2 aromatic rings. The highest BCUT2D eigenvalue weighted by Gasteiger charge is 2.38. The number of carbonyl (C=O) groups excluding carboxylic acids is 2. The summed E-state index contributed by atoms with van der Waals surface area (Å²) < 4.78 is 12.1. The third-order valence-corrected chi connectivity index (χ3v) is 4.09. The molecular formula is C16H19N3O4. The van der Waals surface area contributed by atoms with Gasteiger partial charge in [0.05, 0.1) is 37.6 Å². The Hall–Kier alpha value is -2.57. The summed E-state index contributed by atoms with van der Waals surface area (Å²) in [5, 5.41) is 0. The number of esters is 1. The molecule has 3 heterocycles. The Morgan fingerprint density at radius 3 is 2.83 bits per heavy atom. The molecule has 0 radical (unpaired) electrons. The van der Waals surface area contributed by atoms with E-state index in [1.165, 1.54) is 18.3 Å². The summed E-state index contributed by atoms with van der Waals surface area (Å²) in [6.45, 7) is 4.40. The van der Waals surface area contributed by atoms with Crippen LogP contribution in [0.25, 0.3) is 0 Å². The Labute approximate surface area is 133 Å². The number of aromatic nitrogens is 2. The monoisotopic (exact) mass is 317 g/mol. The molecule has 0 aliphatic carbocycles. The molecule has 0 fully saturated rings. The summed E-state index contributed by atoms with van der Waals surface area (Å²) in [6, 6.07) is 2.77. The van der Waals surface area contributed by atoms with E-state index in [9.17, 15) is 9.59 Å². The number of hydrogen-bond donors (Lipinski definition) is 0. The summed E-state index contributed by atoms with van der Waals surface area (Å²) in [5.41, 5.74) is 1.78. The molecule has 1 atom stereocenters. The molecule has 0 saturated heterocycles. The van der Waals surface area contributed by atoms with E-state index in [4.69, 9.17) is 9.15 Å². The number of carbonyl (C=O) groups is 2. The van der Waals surface area contributed by atoms with Crippen molar-refractivity contribution in [1.82, 2.24) is 14.5 Å². The van der Waals surface area contributed by atoms with Gasteiger partial charge in [-0.1, -0.05) is 0 Å². The molecule has 7 heteroatoms. The topological polar surface area (TPSA) is 77.6 Å². The molecule has 0 aromatic carbocycles. The van der Waals surface area contributed by atoms with Gasteiger partial charge in [-0.15, -0.1) is 0 Å². The van der Waals surface area contributed by atoms with E-state index < -0.39 is 12.0 Å². The standard InChI is InChI=1S/C16H19N3O4/c1-10(2)19-9-17-11-7-12(16(21)22-3)18(8-13(11)19)15(20)14-5-4-6-23-14/h4-6,9-10,12H,7-8H2,1-3H3. The first-order valence-corrected chi connectivity index (χ1v) is 7.49. The van der Waals surface area contributed by atoms with Crippen molar-refractivity contribution >= 4 is 11.9 Å². The maximum Gasteiger partial charge on any atom is 0.329 e. The largest absolute Gasteiger partial charge is 0.467 e. The number of nitrogens with zero attached hydrogens (tertiary/aromatic N) is 3. The molecule has 3 rings (SSSR count). The second-order valence-corrected chi connectivity index (χ2v) is 5.79. The lowest BCUT2D eigenvalue weighted by molar-refractivity contribution is -0.146. The lowest BCUT2D eigenvalue weighted by Crippen LogP contribution is -2.49. The fourth-order valence-corrected chi connectivity index (χ4v) is 2.88. The fourth-order valence-electron chi connectivity index (χ4n) is 2.88. The van der Waals surface area contributed by atoms with Gasteiger partial charge >= 0.3 is 5.97 Å². The molecular weight excluding hydrogens is 298 g/mol. The third-order valence-electron chi connectivity index (χ3n) is 4.09. The molecule has 0 N–H and O–H groups in total. The van der Waals surface area contributed by atoms with E-state index in [1.54, 1.807) is 18.5 Å². The Morgan fingerprint density at radius 2 is 2.22 bits per heavy atom. The van der Waals surface area contributed by atoms with Gasteiger partial charge in [0.1, 0.15) is 6.04 Å². The summed E-state index contributed by atoms with van der Waals surface area (Å²) >= 11 is 0. The number of imidazole rings is 1. The van der Waals surface area contributed by atoms with Crippen molar-refractivity contribution in [2.45, 2.75) is 38.9 Å². The number of ether oxygens (including phenoxy) is 1. The molecule has 1 amide bonds. The van der Waals surface area contributed by atoms with Crippen LogP contribution in [0.5, 0.6) is 0 Å². The van der Waals surface area contributed by atoms with Crippen molar-refractivity contribution in [3.05, 3.63) is 41.9 Å². The molecule has 0 saturated carbocycles. The second-order valence-electron chi connectivity index (χ2n) is 5.79. The van der Waals surface area contributed by atoms with E-state index >= 15 is 0 Å². The van der Waals surface area contributed by atoms with Crippen LogP contribution in [0.2, 0.25) is 0 Å². The Kier molecular flexibility index (Phi) is 3.94. The van der Waals surface area contributed by atoms with Gasteiger partial charge < -0.3 is 18.6 Å². The van der Waals surface area contributed by atoms with Crippen LogP contribution in [-0.4, -0.2) is 39.5 Å². The first-order valence-electron chi connectivity index (χ1n) is 7.49. The number of amides is 1. The minimum atomic E-state index is -0.694. The van der Waals surface area contributed by atoms with Gasteiger partial charge in [-0.05, 0) is 26.0 Å². The molecule has 2 aromatic heterocycles. The van der Waals surface area contributed by atoms with Gasteiger partial charge in [0.25, 0.3) is 5.91 Å². The molecule has 1 aliphatic rings. The van der Waals surface area contributed by atoms with Gasteiger partial charge in [0.15, 0.2) is 5.76 Å². The predicted octanol–water partition coefficient (Wildman–Crippen LogP) is 1.80. The van der Waals surface area contributed by atoms with Crippen molar-refractivity contribution in [1.29, 1.82) is 0 Å². The van der Waals surface area contributed by atoms with Crippen LogP contribution in [0.15, 0.2) is 29.1 Å². The average Bonchev–Trinajstić information content (AvgIpc) is 3.21. The highest BCUT2D eigenvalue weighted by atomic mass is 16.5. The minimum absolute atomic E-state index is 0.206. The van der Waals surface area contributed by atoms with Crippen LogP contribution < -0.4 is 0 Å². The van der Waals surface area contributed by atoms with Crippen molar-refractivity contribution < 1.29 is 18.7 Å². The molecule has 1 aliphatic heterocycles. The zero-order chi connectivity index (χ0) is 16.6. The molecule has 23 heavy (non-hydrogen) atoms. The molecule has 122 valence electrons. The van der Waals surface area contributed by atoms with E-state index in [-0.39, 0.29) is 17.7 Å². The maximum atomic E-state index is 12.7. The normalized spacial score (nSPS) is 17.2. The number of methoxy groups -OCH3 is 1. The zero-order valence-electron chi connectivity index (χ0n) is 13.4. The van der Waals surface area contributed by atoms with Crippen LogP contribution in [0, 0.1) is 0 Å². The van der Waals surface area contributed by atoms with Crippen LogP contribution >= 0.6 is 0 Å². The lowest BCUT2D eigenvalue weighted by Gasteiger charge is -2.33. The number of furan rings is 1. The van der Waals surface area contributed by atoms with Gasteiger partial charge in [-0.2, -0.15) is 0 Å². The van der Waals surface area contributed by atoms with Crippen molar-refractivity contribution in [2.75, 3.05) is 7.11 Å². The summed E-state index contributed by atoms with van der Waals surface area (Å²) in [5.74, 6) is -0.569. The van der Waals surface area contributed by atoms with Gasteiger partial charge in [0.2, 0.25) is 0 Å². The van der Waals surface area contributed by atoms with Crippen LogP contribution in [0.4, 0.5) is 0 Å². The van der Waals surface area contributed by atoms with E-state index in [0.29, 0.717) is 13.0 Å². The second kappa shape index (κ2) is 5.91. The van der Waals surface area contributed by atoms with Crippen LogP contribution in [0.3, 0.4) is 0 Å². The average molecular weight is 317 g/mol. The van der Waals surface area contributed by atoms with Crippen molar-refractivity contribution in [3.8, 4) is 0 Å². The first-order chi connectivity index (χ1) is 11.0. The molecule has 1 unspecified atom stereocenters. The number of hydrogen-bond acceptors (Lipinski definition) is 5. The third kappa shape index (κ3) is 2.62. The SMILES string of the molecule is COC(=O)C1Cc2ncn(C(C)C)c2CN1C(=O)c1ccco1. The van der Waals surface area contributed by atoms with Crippen molar-refractivity contribution in [3.63, 3.8) is 0 Å². The van der Waals surface area contributed by atoms with E-state index in [1.807, 2.05) is 18.4 Å². The van der Waals surface area contributed by atoms with E-state index in [2.05, 4.69) is 4.98 Å². The Balaban J connectivity index is 1.99. The Bertz CT molecular complexity index is 718. The highest BCUT2D eigenvalue weighted by molar-refractivity contribution is 5.94. The molecule has 0 bridgehead atoms. The molecule has 7 nitrogen and oxygen atoms in total. The van der Waals surface area contributed by atoms with Crippen LogP contribution in [0.1, 0.15) is 41.8 Å². The minimum Gasteiger partial charge on any atom is -0.467 e. The number of rotatable bonds is 3. The van der Waals surface area contributed by atoms with Crippen LogP contribution in [-0.2, 0) is 22.5 Å². The summed E-state index contributed by atoms with van der Waals surface area (Å²) in [7, 11) is 1.32. The fraction of sp³-hybridized carbons (Fsp3) is 0.438. The predicted molar refractivity (Wildman–Crippen MR) is 80.7 cm³/mol. The maximum absolute atomic E-state index is 12.7. The number of fused-ring (bicyclic) bond motifs is 1. The quantitative estimate of drug-likeness (QED) is 0.807. The molecule has 0 spiro atoms. The highest BCUT2D eigenvalue weighted by Crippen LogP contribution is 2.27.